The Bertz CT molecular complexity index is 676. The second-order valence-electron chi connectivity index (χ2n) is 4.12. The van der Waals surface area contributed by atoms with Crippen LogP contribution in [0, 0.1) is 10.1 Å². The van der Waals surface area contributed by atoms with Gasteiger partial charge in [-0.2, -0.15) is 0 Å². The largest absolute Gasteiger partial charge is 0.496 e. The first kappa shape index (κ1) is 15.4. The molecular weight excluding hydrogens is 317 g/mol. The molecule has 2 aromatic carbocycles. The molecule has 0 amide bonds. The van der Waals surface area contributed by atoms with E-state index in [9.17, 15) is 10.1 Å². The summed E-state index contributed by atoms with van der Waals surface area (Å²) in [6, 6.07) is 9.37. The zero-order valence-electron chi connectivity index (χ0n) is 11.0. The van der Waals surface area contributed by atoms with E-state index in [4.69, 9.17) is 32.7 Å². The molecule has 0 aliphatic carbocycles. The quantitative estimate of drug-likeness (QED) is 0.599. The number of halogens is 2. The number of nitrogens with zero attached hydrogens (tertiary/aromatic N) is 1. The van der Waals surface area contributed by atoms with E-state index in [1.165, 1.54) is 18.2 Å². The Balaban J connectivity index is 2.15. The van der Waals surface area contributed by atoms with Crippen molar-refractivity contribution in [1.29, 1.82) is 0 Å². The normalized spacial score (nSPS) is 10.2. The van der Waals surface area contributed by atoms with Crippen LogP contribution in [0.4, 0.5) is 5.69 Å². The Morgan fingerprint density at radius 1 is 1.19 bits per heavy atom. The molecule has 5 nitrogen and oxygen atoms in total. The van der Waals surface area contributed by atoms with Crippen LogP contribution in [0.1, 0.15) is 5.56 Å². The highest BCUT2D eigenvalue weighted by Crippen LogP contribution is 2.30. The molecule has 21 heavy (non-hydrogen) atoms. The highest BCUT2D eigenvalue weighted by molar-refractivity contribution is 6.32. The third-order valence-electron chi connectivity index (χ3n) is 2.75. The summed E-state index contributed by atoms with van der Waals surface area (Å²) in [5.41, 5.74) is 0.601. The van der Waals surface area contributed by atoms with Gasteiger partial charge in [0.2, 0.25) is 0 Å². The number of hydrogen-bond acceptors (Lipinski definition) is 4. The Hall–Kier alpha value is -1.98. The van der Waals surface area contributed by atoms with E-state index in [0.29, 0.717) is 16.5 Å². The van der Waals surface area contributed by atoms with Gasteiger partial charge in [-0.1, -0.05) is 23.2 Å². The van der Waals surface area contributed by atoms with Gasteiger partial charge in [0.15, 0.2) is 0 Å². The molecule has 7 heteroatoms. The van der Waals surface area contributed by atoms with Crippen LogP contribution in [0.3, 0.4) is 0 Å². The molecular formula is C14H11Cl2NO4. The van der Waals surface area contributed by atoms with E-state index in [2.05, 4.69) is 0 Å². The van der Waals surface area contributed by atoms with E-state index in [1.54, 1.807) is 25.3 Å². The molecule has 0 radical (unpaired) electrons. The highest BCUT2D eigenvalue weighted by atomic mass is 35.5. The van der Waals surface area contributed by atoms with Crippen molar-refractivity contribution in [3.63, 3.8) is 0 Å². The molecule has 0 N–H and O–H groups in total. The fourth-order valence-corrected chi connectivity index (χ4v) is 2.18. The topological polar surface area (TPSA) is 61.6 Å². The lowest BCUT2D eigenvalue weighted by Crippen LogP contribution is -1.99. The Morgan fingerprint density at radius 3 is 2.57 bits per heavy atom. The first-order valence-corrected chi connectivity index (χ1v) is 6.66. The molecule has 2 rings (SSSR count). The predicted molar refractivity (Wildman–Crippen MR) is 80.4 cm³/mol. The summed E-state index contributed by atoms with van der Waals surface area (Å²) in [5, 5.41) is 11.3. The number of rotatable bonds is 5. The summed E-state index contributed by atoms with van der Waals surface area (Å²) in [6.07, 6.45) is 0. The van der Waals surface area contributed by atoms with Crippen molar-refractivity contribution in [2.45, 2.75) is 6.61 Å². The fraction of sp³-hybridized carbons (Fsp3) is 0.143. The van der Waals surface area contributed by atoms with Crippen LogP contribution in [0.15, 0.2) is 36.4 Å². The van der Waals surface area contributed by atoms with Gasteiger partial charge in [-0.15, -0.1) is 0 Å². The number of hydrogen-bond donors (Lipinski definition) is 0. The molecule has 0 aromatic heterocycles. The van der Waals surface area contributed by atoms with Crippen molar-refractivity contribution in [1.82, 2.24) is 0 Å². The van der Waals surface area contributed by atoms with Crippen molar-refractivity contribution in [2.24, 2.45) is 0 Å². The minimum Gasteiger partial charge on any atom is -0.496 e. The summed E-state index contributed by atoms with van der Waals surface area (Å²) in [5.74, 6) is 1.07. The van der Waals surface area contributed by atoms with Crippen molar-refractivity contribution >= 4 is 28.9 Å². The van der Waals surface area contributed by atoms with Crippen LogP contribution in [0.25, 0.3) is 0 Å². The molecule has 2 aromatic rings. The van der Waals surface area contributed by atoms with Gasteiger partial charge in [0.25, 0.3) is 5.69 Å². The van der Waals surface area contributed by atoms with Crippen LogP contribution < -0.4 is 9.47 Å². The smallest absolute Gasteiger partial charge is 0.288 e. The zero-order chi connectivity index (χ0) is 15.4. The molecule has 0 aliphatic rings. The van der Waals surface area contributed by atoms with Crippen molar-refractivity contribution in [2.75, 3.05) is 7.11 Å². The van der Waals surface area contributed by atoms with E-state index in [0.717, 1.165) is 5.56 Å². The zero-order valence-corrected chi connectivity index (χ0v) is 12.5. The average molecular weight is 328 g/mol. The second-order valence-corrected chi connectivity index (χ2v) is 4.96. The molecule has 0 heterocycles. The lowest BCUT2D eigenvalue weighted by molar-refractivity contribution is -0.384. The first-order chi connectivity index (χ1) is 10.0. The minimum atomic E-state index is -0.549. The van der Waals surface area contributed by atoms with Crippen LogP contribution in [-0.2, 0) is 6.61 Å². The lowest BCUT2D eigenvalue weighted by atomic mass is 10.2. The third-order valence-corrected chi connectivity index (χ3v) is 3.29. The van der Waals surface area contributed by atoms with Gasteiger partial charge < -0.3 is 9.47 Å². The molecule has 0 spiro atoms. The van der Waals surface area contributed by atoms with E-state index < -0.39 is 4.92 Å². The second kappa shape index (κ2) is 6.65. The van der Waals surface area contributed by atoms with Gasteiger partial charge in [0.05, 0.1) is 12.0 Å². The molecule has 0 unspecified atom stereocenters. The van der Waals surface area contributed by atoms with Gasteiger partial charge in [-0.25, -0.2) is 0 Å². The Labute approximate surface area is 131 Å². The number of methoxy groups -OCH3 is 1. The summed E-state index contributed by atoms with van der Waals surface area (Å²) in [7, 11) is 1.55. The van der Waals surface area contributed by atoms with E-state index >= 15 is 0 Å². The van der Waals surface area contributed by atoms with Gasteiger partial charge >= 0.3 is 0 Å². The molecule has 0 bridgehead atoms. The van der Waals surface area contributed by atoms with Gasteiger partial charge in [0, 0.05) is 22.7 Å². The number of benzene rings is 2. The maximum Gasteiger partial charge on any atom is 0.288 e. The molecule has 0 atom stereocenters. The SMILES string of the molecule is COc1ccc(Cl)cc1COc1ccc([N+](=O)[O-])c(Cl)c1. The third kappa shape index (κ3) is 3.77. The molecule has 0 saturated heterocycles. The van der Waals surface area contributed by atoms with Crippen LogP contribution in [0.5, 0.6) is 11.5 Å². The average Bonchev–Trinajstić information content (AvgIpc) is 2.45. The van der Waals surface area contributed by atoms with Gasteiger partial charge in [-0.05, 0) is 24.3 Å². The number of ether oxygens (including phenoxy) is 2. The van der Waals surface area contributed by atoms with Crippen LogP contribution in [0.2, 0.25) is 10.0 Å². The van der Waals surface area contributed by atoms with E-state index in [-0.39, 0.29) is 17.3 Å². The number of nitro benzene ring substituents is 1. The maximum absolute atomic E-state index is 10.7. The maximum atomic E-state index is 10.7. The Kier molecular flexibility index (Phi) is 4.88. The van der Waals surface area contributed by atoms with Gasteiger partial charge in [-0.3, -0.25) is 10.1 Å². The van der Waals surface area contributed by atoms with Crippen molar-refractivity contribution in [3.05, 3.63) is 62.1 Å². The summed E-state index contributed by atoms with van der Waals surface area (Å²) < 4.78 is 10.8. The minimum absolute atomic E-state index is 0.0237. The van der Waals surface area contributed by atoms with Crippen molar-refractivity contribution < 1.29 is 14.4 Å². The molecule has 110 valence electrons. The van der Waals surface area contributed by atoms with Gasteiger partial charge in [0.1, 0.15) is 23.1 Å². The van der Waals surface area contributed by atoms with Crippen LogP contribution >= 0.6 is 23.2 Å². The Morgan fingerprint density at radius 2 is 1.95 bits per heavy atom. The van der Waals surface area contributed by atoms with Crippen molar-refractivity contribution in [3.8, 4) is 11.5 Å². The lowest BCUT2D eigenvalue weighted by Gasteiger charge is -2.11. The van der Waals surface area contributed by atoms with E-state index in [1.807, 2.05) is 0 Å². The number of nitro groups is 1. The summed E-state index contributed by atoms with van der Waals surface area (Å²) >= 11 is 11.8. The van der Waals surface area contributed by atoms with Crippen LogP contribution in [-0.4, -0.2) is 12.0 Å². The standard InChI is InChI=1S/C14H11Cl2NO4/c1-20-14-5-2-10(15)6-9(14)8-21-11-3-4-13(17(18)19)12(16)7-11/h2-7H,8H2,1H3. The fourth-order valence-electron chi connectivity index (χ4n) is 1.75. The molecule has 0 fully saturated rings. The molecule has 0 saturated carbocycles. The summed E-state index contributed by atoms with van der Waals surface area (Å²) in [6.45, 7) is 0.206. The monoisotopic (exact) mass is 327 g/mol. The highest BCUT2D eigenvalue weighted by Gasteiger charge is 2.13. The summed E-state index contributed by atoms with van der Waals surface area (Å²) in [4.78, 5) is 10.1. The molecule has 0 aliphatic heterocycles. The first-order valence-electron chi connectivity index (χ1n) is 5.90. The predicted octanol–water partition coefficient (Wildman–Crippen LogP) is 4.49.